The van der Waals surface area contributed by atoms with Gasteiger partial charge < -0.3 is 9.80 Å². The zero-order valence-corrected chi connectivity index (χ0v) is 16.6. The largest absolute Gasteiger partial charge is 0.344 e. The van der Waals surface area contributed by atoms with E-state index in [4.69, 9.17) is 4.99 Å². The molecule has 1 heterocycles. The van der Waals surface area contributed by atoms with Gasteiger partial charge in [-0.2, -0.15) is 0 Å². The SMILES string of the molecule is CN1CCN(CCCC(C)(C)CC(C)(C)C)C1=NC(C)(C)C. The van der Waals surface area contributed by atoms with Gasteiger partial charge in [-0.25, -0.2) is 4.99 Å². The lowest BCUT2D eigenvalue weighted by Crippen LogP contribution is -2.35. The second-order valence-corrected chi connectivity index (χ2v) is 10.00. The molecule has 22 heavy (non-hydrogen) atoms. The first-order chi connectivity index (χ1) is 9.79. The lowest BCUT2D eigenvalue weighted by molar-refractivity contribution is 0.191. The molecular weight excluding hydrogens is 270 g/mol. The van der Waals surface area contributed by atoms with Crippen molar-refractivity contribution in [1.82, 2.24) is 9.80 Å². The molecule has 0 bridgehead atoms. The molecule has 0 saturated carbocycles. The minimum Gasteiger partial charge on any atom is -0.344 e. The molecule has 3 heteroatoms. The summed E-state index contributed by atoms with van der Waals surface area (Å²) >= 11 is 0. The Balaban J connectivity index is 2.55. The third-order valence-electron chi connectivity index (χ3n) is 4.06. The van der Waals surface area contributed by atoms with E-state index < -0.39 is 0 Å². The molecule has 0 amide bonds. The van der Waals surface area contributed by atoms with Crippen molar-refractivity contribution in [3.63, 3.8) is 0 Å². The summed E-state index contributed by atoms with van der Waals surface area (Å²) in [7, 11) is 2.16. The van der Waals surface area contributed by atoms with Crippen molar-refractivity contribution >= 4 is 5.96 Å². The average molecular weight is 310 g/mol. The Morgan fingerprint density at radius 3 is 2.05 bits per heavy atom. The minimum atomic E-state index is -0.00229. The maximum Gasteiger partial charge on any atom is 0.196 e. The molecule has 0 aromatic carbocycles. The molecule has 3 nitrogen and oxygen atoms in total. The van der Waals surface area contributed by atoms with Gasteiger partial charge in [0.25, 0.3) is 0 Å². The number of likely N-dealkylation sites (N-methyl/N-ethyl adjacent to an activating group) is 1. The van der Waals surface area contributed by atoms with Gasteiger partial charge in [0.15, 0.2) is 5.96 Å². The van der Waals surface area contributed by atoms with Crippen LogP contribution in [-0.2, 0) is 0 Å². The van der Waals surface area contributed by atoms with E-state index in [1.165, 1.54) is 25.2 Å². The fraction of sp³-hybridized carbons (Fsp3) is 0.947. The molecule has 1 rings (SSSR count). The average Bonchev–Trinajstić information content (AvgIpc) is 2.55. The Labute approximate surface area is 139 Å². The van der Waals surface area contributed by atoms with E-state index in [1.807, 2.05) is 0 Å². The predicted octanol–water partition coefficient (Wildman–Crippen LogP) is 4.63. The lowest BCUT2D eigenvalue weighted by Gasteiger charge is -2.33. The third-order valence-corrected chi connectivity index (χ3v) is 4.06. The van der Waals surface area contributed by atoms with Gasteiger partial charge in [0.1, 0.15) is 0 Å². The summed E-state index contributed by atoms with van der Waals surface area (Å²) in [4.78, 5) is 9.68. The maximum absolute atomic E-state index is 4.91. The van der Waals surface area contributed by atoms with Gasteiger partial charge in [0.2, 0.25) is 0 Å². The van der Waals surface area contributed by atoms with Crippen molar-refractivity contribution in [1.29, 1.82) is 0 Å². The Bertz CT molecular complexity index is 382. The van der Waals surface area contributed by atoms with Crippen LogP contribution >= 0.6 is 0 Å². The van der Waals surface area contributed by atoms with Crippen molar-refractivity contribution in [3.05, 3.63) is 0 Å². The molecule has 1 saturated heterocycles. The quantitative estimate of drug-likeness (QED) is 0.737. The first kappa shape index (κ1) is 19.3. The second-order valence-electron chi connectivity index (χ2n) is 10.00. The summed E-state index contributed by atoms with van der Waals surface area (Å²) in [5, 5.41) is 0. The smallest absolute Gasteiger partial charge is 0.196 e. The molecular formula is C19H39N3. The Morgan fingerprint density at radius 2 is 1.55 bits per heavy atom. The monoisotopic (exact) mass is 309 g/mol. The van der Waals surface area contributed by atoms with E-state index >= 15 is 0 Å². The highest BCUT2D eigenvalue weighted by Gasteiger charge is 2.28. The molecule has 0 aromatic heterocycles. The zero-order chi connectivity index (χ0) is 17.2. The van der Waals surface area contributed by atoms with Crippen molar-refractivity contribution < 1.29 is 0 Å². The minimum absolute atomic E-state index is 0.00229. The Kier molecular flexibility index (Phi) is 5.97. The topological polar surface area (TPSA) is 18.8 Å². The Hall–Kier alpha value is -0.730. The molecule has 1 fully saturated rings. The summed E-state index contributed by atoms with van der Waals surface area (Å²) in [5.74, 6) is 1.18. The highest BCUT2D eigenvalue weighted by atomic mass is 15.4. The molecule has 0 N–H and O–H groups in total. The number of guanidine groups is 1. The van der Waals surface area contributed by atoms with Crippen LogP contribution in [0.25, 0.3) is 0 Å². The van der Waals surface area contributed by atoms with Gasteiger partial charge in [-0.05, 0) is 50.9 Å². The molecule has 0 spiro atoms. The van der Waals surface area contributed by atoms with Crippen LogP contribution in [0.3, 0.4) is 0 Å². The summed E-state index contributed by atoms with van der Waals surface area (Å²) in [6.07, 6.45) is 3.82. The molecule has 1 aliphatic heterocycles. The van der Waals surface area contributed by atoms with Crippen LogP contribution < -0.4 is 0 Å². The van der Waals surface area contributed by atoms with Crippen LogP contribution in [0.15, 0.2) is 4.99 Å². The van der Waals surface area contributed by atoms with Crippen LogP contribution in [0, 0.1) is 10.8 Å². The summed E-state index contributed by atoms with van der Waals surface area (Å²) in [6, 6.07) is 0. The second kappa shape index (κ2) is 6.80. The van der Waals surface area contributed by atoms with Gasteiger partial charge in [-0.3, -0.25) is 0 Å². The lowest BCUT2D eigenvalue weighted by atomic mass is 9.74. The number of hydrogen-bond donors (Lipinski definition) is 0. The normalized spacial score (nSPS) is 19.4. The summed E-state index contributed by atoms with van der Waals surface area (Å²) in [6.45, 7) is 21.7. The zero-order valence-electron chi connectivity index (χ0n) is 16.6. The van der Waals surface area contributed by atoms with E-state index in [0.717, 1.165) is 19.6 Å². The van der Waals surface area contributed by atoms with Crippen molar-refractivity contribution in [3.8, 4) is 0 Å². The molecule has 0 aliphatic carbocycles. The summed E-state index contributed by atoms with van der Waals surface area (Å²) < 4.78 is 0. The van der Waals surface area contributed by atoms with Crippen LogP contribution in [-0.4, -0.2) is 48.0 Å². The first-order valence-corrected chi connectivity index (χ1v) is 8.85. The van der Waals surface area contributed by atoms with Gasteiger partial charge in [0, 0.05) is 26.7 Å². The molecule has 0 aromatic rings. The van der Waals surface area contributed by atoms with E-state index in [2.05, 4.69) is 72.2 Å². The fourth-order valence-corrected chi connectivity index (χ4v) is 3.65. The van der Waals surface area contributed by atoms with E-state index in [9.17, 15) is 0 Å². The Morgan fingerprint density at radius 1 is 0.955 bits per heavy atom. The summed E-state index contributed by atoms with van der Waals surface area (Å²) in [5.41, 5.74) is 0.832. The number of hydrogen-bond acceptors (Lipinski definition) is 1. The molecule has 0 radical (unpaired) electrons. The van der Waals surface area contributed by atoms with Crippen LogP contribution in [0.2, 0.25) is 0 Å². The molecule has 130 valence electrons. The van der Waals surface area contributed by atoms with Crippen molar-refractivity contribution in [2.45, 2.75) is 80.2 Å². The van der Waals surface area contributed by atoms with Crippen LogP contribution in [0.1, 0.15) is 74.7 Å². The van der Waals surface area contributed by atoms with E-state index in [-0.39, 0.29) is 5.54 Å². The van der Waals surface area contributed by atoms with Gasteiger partial charge in [0.05, 0.1) is 5.54 Å². The van der Waals surface area contributed by atoms with Crippen molar-refractivity contribution in [2.24, 2.45) is 15.8 Å². The van der Waals surface area contributed by atoms with Gasteiger partial charge >= 0.3 is 0 Å². The standard InChI is InChI=1S/C19H39N3/c1-17(2,3)15-19(7,8)11-10-12-22-14-13-21(9)16(22)20-18(4,5)6/h10-15H2,1-9H3. The predicted molar refractivity (Wildman–Crippen MR) is 98.5 cm³/mol. The van der Waals surface area contributed by atoms with E-state index in [0.29, 0.717) is 10.8 Å². The highest BCUT2D eigenvalue weighted by Crippen LogP contribution is 2.36. The highest BCUT2D eigenvalue weighted by molar-refractivity contribution is 5.82. The first-order valence-electron chi connectivity index (χ1n) is 8.85. The third kappa shape index (κ3) is 7.02. The van der Waals surface area contributed by atoms with E-state index in [1.54, 1.807) is 0 Å². The number of nitrogens with zero attached hydrogens (tertiary/aromatic N) is 3. The molecule has 0 unspecified atom stereocenters. The van der Waals surface area contributed by atoms with Crippen molar-refractivity contribution in [2.75, 3.05) is 26.7 Å². The fourth-order valence-electron chi connectivity index (χ4n) is 3.65. The molecule has 0 atom stereocenters. The van der Waals surface area contributed by atoms with Gasteiger partial charge in [-0.15, -0.1) is 0 Å². The maximum atomic E-state index is 4.91. The molecule has 1 aliphatic rings. The number of rotatable bonds is 5. The van der Waals surface area contributed by atoms with Crippen LogP contribution in [0.4, 0.5) is 0 Å². The van der Waals surface area contributed by atoms with Crippen LogP contribution in [0.5, 0.6) is 0 Å². The number of aliphatic imine (C=N–C) groups is 1. The van der Waals surface area contributed by atoms with Gasteiger partial charge in [-0.1, -0.05) is 34.6 Å².